The Balaban J connectivity index is 2.02. The lowest BCUT2D eigenvalue weighted by molar-refractivity contribution is -0.141. The molecule has 2 aliphatic carbocycles. The molecule has 0 amide bonds. The van der Waals surface area contributed by atoms with Crippen LogP contribution in [0, 0.1) is 17.8 Å². The summed E-state index contributed by atoms with van der Waals surface area (Å²) in [5.74, 6) is 0.677. The molecule has 1 saturated carbocycles. The molecule has 12 heavy (non-hydrogen) atoms. The van der Waals surface area contributed by atoms with E-state index < -0.39 is 5.97 Å². The van der Waals surface area contributed by atoms with Crippen molar-refractivity contribution in [2.45, 2.75) is 25.7 Å². The Morgan fingerprint density at radius 2 is 1.67 bits per heavy atom. The second-order valence-corrected chi connectivity index (χ2v) is 3.97. The van der Waals surface area contributed by atoms with Crippen molar-refractivity contribution >= 4 is 5.97 Å². The van der Waals surface area contributed by atoms with E-state index in [2.05, 4.69) is 12.2 Å². The van der Waals surface area contributed by atoms with Crippen LogP contribution in [-0.4, -0.2) is 11.1 Å². The first kappa shape index (κ1) is 7.84. The third-order valence-corrected chi connectivity index (χ3v) is 3.23. The van der Waals surface area contributed by atoms with E-state index in [-0.39, 0.29) is 5.92 Å². The van der Waals surface area contributed by atoms with Gasteiger partial charge in [-0.1, -0.05) is 12.2 Å². The van der Waals surface area contributed by atoms with Crippen LogP contribution in [0.2, 0.25) is 0 Å². The maximum atomic E-state index is 10.7. The van der Waals surface area contributed by atoms with Crippen LogP contribution < -0.4 is 0 Å². The highest BCUT2D eigenvalue weighted by atomic mass is 16.4. The Kier molecular flexibility index (Phi) is 1.91. The molecule has 2 heteroatoms. The lowest BCUT2D eigenvalue weighted by Gasteiger charge is -2.19. The van der Waals surface area contributed by atoms with Gasteiger partial charge in [0.15, 0.2) is 0 Å². The van der Waals surface area contributed by atoms with Gasteiger partial charge in [0.05, 0.1) is 5.92 Å². The SMILES string of the molecule is O=C(O)C1C[C@@H]2CC=CC[C@H]2C1. The first-order valence-corrected chi connectivity index (χ1v) is 4.65. The molecule has 0 aromatic heterocycles. The number of carboxylic acid groups (broad SMARTS) is 1. The van der Waals surface area contributed by atoms with Crippen LogP contribution in [0.25, 0.3) is 0 Å². The Morgan fingerprint density at radius 3 is 2.08 bits per heavy atom. The lowest BCUT2D eigenvalue weighted by atomic mass is 9.86. The Morgan fingerprint density at radius 1 is 1.17 bits per heavy atom. The molecule has 0 radical (unpaired) electrons. The molecule has 0 aliphatic heterocycles. The summed E-state index contributed by atoms with van der Waals surface area (Å²) in [7, 11) is 0. The second-order valence-electron chi connectivity index (χ2n) is 3.97. The summed E-state index contributed by atoms with van der Waals surface area (Å²) in [6, 6.07) is 0. The van der Waals surface area contributed by atoms with E-state index in [1.165, 1.54) is 0 Å². The van der Waals surface area contributed by atoms with Gasteiger partial charge in [-0.25, -0.2) is 0 Å². The molecule has 1 fully saturated rings. The van der Waals surface area contributed by atoms with Crippen molar-refractivity contribution in [3.8, 4) is 0 Å². The summed E-state index contributed by atoms with van der Waals surface area (Å²) >= 11 is 0. The van der Waals surface area contributed by atoms with Gasteiger partial charge in [-0.3, -0.25) is 4.79 Å². The van der Waals surface area contributed by atoms with E-state index in [4.69, 9.17) is 5.11 Å². The predicted octanol–water partition coefficient (Wildman–Crippen LogP) is 2.06. The maximum absolute atomic E-state index is 10.7. The number of hydrogen-bond acceptors (Lipinski definition) is 1. The fourth-order valence-corrected chi connectivity index (χ4v) is 2.53. The third-order valence-electron chi connectivity index (χ3n) is 3.23. The lowest BCUT2D eigenvalue weighted by Crippen LogP contribution is -2.09. The molecule has 0 spiro atoms. The predicted molar refractivity (Wildman–Crippen MR) is 45.7 cm³/mol. The molecule has 66 valence electrons. The molecule has 0 aromatic rings. The summed E-state index contributed by atoms with van der Waals surface area (Å²) in [6.07, 6.45) is 8.42. The highest BCUT2D eigenvalue weighted by Gasteiger charge is 2.37. The van der Waals surface area contributed by atoms with Crippen molar-refractivity contribution in [2.24, 2.45) is 17.8 Å². The zero-order valence-corrected chi connectivity index (χ0v) is 7.07. The van der Waals surface area contributed by atoms with Crippen LogP contribution in [0.1, 0.15) is 25.7 Å². The monoisotopic (exact) mass is 166 g/mol. The van der Waals surface area contributed by atoms with E-state index in [0.717, 1.165) is 25.7 Å². The number of rotatable bonds is 1. The normalized spacial score (nSPS) is 35.0. The third kappa shape index (κ3) is 1.26. The number of hydrogen-bond donors (Lipinski definition) is 1. The molecule has 2 nitrogen and oxygen atoms in total. The van der Waals surface area contributed by atoms with Crippen LogP contribution in [0.5, 0.6) is 0 Å². The average Bonchev–Trinajstić information content (AvgIpc) is 2.46. The van der Waals surface area contributed by atoms with Crippen molar-refractivity contribution in [3.05, 3.63) is 12.2 Å². The van der Waals surface area contributed by atoms with Gasteiger partial charge >= 0.3 is 5.97 Å². The minimum Gasteiger partial charge on any atom is -0.481 e. The number of carbonyl (C=O) groups is 1. The molecule has 2 atom stereocenters. The van der Waals surface area contributed by atoms with Crippen LogP contribution in [0.4, 0.5) is 0 Å². The van der Waals surface area contributed by atoms with Crippen LogP contribution in [0.3, 0.4) is 0 Å². The summed E-state index contributed by atoms with van der Waals surface area (Å²) in [5, 5.41) is 8.84. The molecule has 0 aromatic carbocycles. The van der Waals surface area contributed by atoms with Crippen molar-refractivity contribution in [1.82, 2.24) is 0 Å². The van der Waals surface area contributed by atoms with E-state index in [9.17, 15) is 4.79 Å². The number of carboxylic acids is 1. The van der Waals surface area contributed by atoms with Crippen molar-refractivity contribution in [2.75, 3.05) is 0 Å². The molecular weight excluding hydrogens is 152 g/mol. The van der Waals surface area contributed by atoms with Gasteiger partial charge in [-0.05, 0) is 37.5 Å². The Hall–Kier alpha value is -0.790. The number of fused-ring (bicyclic) bond motifs is 1. The first-order chi connectivity index (χ1) is 5.77. The fraction of sp³-hybridized carbons (Fsp3) is 0.700. The number of aliphatic carboxylic acids is 1. The molecular formula is C10H14O2. The highest BCUT2D eigenvalue weighted by molar-refractivity contribution is 5.70. The minimum atomic E-state index is -0.593. The maximum Gasteiger partial charge on any atom is 0.306 e. The van der Waals surface area contributed by atoms with Gasteiger partial charge in [-0.15, -0.1) is 0 Å². The van der Waals surface area contributed by atoms with Gasteiger partial charge in [0.25, 0.3) is 0 Å². The van der Waals surface area contributed by atoms with Crippen molar-refractivity contribution < 1.29 is 9.90 Å². The van der Waals surface area contributed by atoms with Gasteiger partial charge in [0.2, 0.25) is 0 Å². The minimum absolute atomic E-state index is 0.0556. The Labute approximate surface area is 72.3 Å². The van der Waals surface area contributed by atoms with Crippen LogP contribution in [-0.2, 0) is 4.79 Å². The van der Waals surface area contributed by atoms with Crippen molar-refractivity contribution in [1.29, 1.82) is 0 Å². The van der Waals surface area contributed by atoms with Gasteiger partial charge in [0.1, 0.15) is 0 Å². The van der Waals surface area contributed by atoms with Crippen molar-refractivity contribution in [3.63, 3.8) is 0 Å². The summed E-state index contributed by atoms with van der Waals surface area (Å²) in [6.45, 7) is 0. The zero-order valence-electron chi connectivity index (χ0n) is 7.07. The molecule has 0 unspecified atom stereocenters. The van der Waals surface area contributed by atoms with Gasteiger partial charge in [-0.2, -0.15) is 0 Å². The molecule has 0 bridgehead atoms. The first-order valence-electron chi connectivity index (χ1n) is 4.65. The number of allylic oxidation sites excluding steroid dienone is 2. The van der Waals surface area contributed by atoms with Gasteiger partial charge in [0, 0.05) is 0 Å². The summed E-state index contributed by atoms with van der Waals surface area (Å²) in [5.41, 5.74) is 0. The molecule has 2 rings (SSSR count). The summed E-state index contributed by atoms with van der Waals surface area (Å²) in [4.78, 5) is 10.7. The average molecular weight is 166 g/mol. The van der Waals surface area contributed by atoms with Crippen LogP contribution >= 0.6 is 0 Å². The van der Waals surface area contributed by atoms with E-state index in [1.807, 2.05) is 0 Å². The van der Waals surface area contributed by atoms with E-state index >= 15 is 0 Å². The fourth-order valence-electron chi connectivity index (χ4n) is 2.53. The van der Waals surface area contributed by atoms with Gasteiger partial charge < -0.3 is 5.11 Å². The second kappa shape index (κ2) is 2.92. The van der Waals surface area contributed by atoms with Crippen LogP contribution in [0.15, 0.2) is 12.2 Å². The largest absolute Gasteiger partial charge is 0.481 e. The molecule has 2 aliphatic rings. The standard InChI is InChI=1S/C10H14O2/c11-10(12)9-5-7-3-1-2-4-8(7)6-9/h1-2,7-9H,3-6H2,(H,11,12)/t7-,8-/m0/s1. The highest BCUT2D eigenvalue weighted by Crippen LogP contribution is 2.42. The zero-order chi connectivity index (χ0) is 8.55. The molecule has 1 N–H and O–H groups in total. The molecule has 0 heterocycles. The van der Waals surface area contributed by atoms with E-state index in [1.54, 1.807) is 0 Å². The molecule has 0 saturated heterocycles. The smallest absolute Gasteiger partial charge is 0.306 e. The quantitative estimate of drug-likeness (QED) is 0.605. The summed E-state index contributed by atoms with van der Waals surface area (Å²) < 4.78 is 0. The topological polar surface area (TPSA) is 37.3 Å². The Bertz CT molecular complexity index is 204. The van der Waals surface area contributed by atoms with E-state index in [0.29, 0.717) is 11.8 Å².